The highest BCUT2D eigenvalue weighted by atomic mass is 32.2. The van der Waals surface area contributed by atoms with Gasteiger partial charge in [0.15, 0.2) is 0 Å². The van der Waals surface area contributed by atoms with Crippen molar-refractivity contribution < 1.29 is 8.42 Å². The molecule has 2 heterocycles. The van der Waals surface area contributed by atoms with E-state index in [4.69, 9.17) is 0 Å². The number of thiazole rings is 1. The number of pyridine rings is 1. The van der Waals surface area contributed by atoms with Crippen LogP contribution in [0.2, 0.25) is 0 Å². The van der Waals surface area contributed by atoms with Crippen molar-refractivity contribution in [3.05, 3.63) is 34.9 Å². The predicted molar refractivity (Wildman–Crippen MR) is 74.6 cm³/mol. The number of anilines is 1. The monoisotopic (exact) mass is 298 g/mol. The lowest BCUT2D eigenvalue weighted by atomic mass is 10.5. The molecule has 1 N–H and O–H groups in total. The first kappa shape index (κ1) is 13.9. The minimum atomic E-state index is -3.53. The highest BCUT2D eigenvalue weighted by Gasteiger charge is 2.21. The number of rotatable bonds is 5. The van der Waals surface area contributed by atoms with Crippen LogP contribution in [0.15, 0.2) is 34.1 Å². The molecule has 0 saturated heterocycles. The van der Waals surface area contributed by atoms with Gasteiger partial charge in [-0.15, -0.1) is 11.3 Å². The van der Waals surface area contributed by atoms with Gasteiger partial charge in [0.1, 0.15) is 5.82 Å². The molecule has 0 bridgehead atoms. The lowest BCUT2D eigenvalue weighted by molar-refractivity contribution is 0.463. The first-order valence-electron chi connectivity index (χ1n) is 5.51. The molecule has 0 atom stereocenters. The number of nitrogens with zero attached hydrogens (tertiary/aromatic N) is 3. The minimum absolute atomic E-state index is 0.213. The highest BCUT2D eigenvalue weighted by Crippen LogP contribution is 2.18. The van der Waals surface area contributed by atoms with Gasteiger partial charge in [-0.3, -0.25) is 0 Å². The maximum absolute atomic E-state index is 12.4. The molecule has 6 nitrogen and oxygen atoms in total. The lowest BCUT2D eigenvalue weighted by Crippen LogP contribution is -2.26. The van der Waals surface area contributed by atoms with Crippen LogP contribution >= 0.6 is 11.3 Å². The van der Waals surface area contributed by atoms with E-state index in [1.807, 2.05) is 5.38 Å². The molecule has 2 aromatic rings. The molecule has 0 aliphatic heterocycles. The molecule has 0 fully saturated rings. The lowest BCUT2D eigenvalue weighted by Gasteiger charge is -2.16. The van der Waals surface area contributed by atoms with Crippen molar-refractivity contribution in [1.82, 2.24) is 14.3 Å². The molecule has 2 rings (SSSR count). The van der Waals surface area contributed by atoms with Crippen molar-refractivity contribution in [2.24, 2.45) is 0 Å². The van der Waals surface area contributed by atoms with E-state index >= 15 is 0 Å². The van der Waals surface area contributed by atoms with E-state index < -0.39 is 10.0 Å². The third kappa shape index (κ3) is 3.09. The van der Waals surface area contributed by atoms with Gasteiger partial charge in [0.25, 0.3) is 0 Å². The molecule has 0 saturated carbocycles. The van der Waals surface area contributed by atoms with E-state index in [0.29, 0.717) is 5.82 Å². The van der Waals surface area contributed by atoms with Gasteiger partial charge in [0.2, 0.25) is 10.0 Å². The Morgan fingerprint density at radius 2 is 2.21 bits per heavy atom. The summed E-state index contributed by atoms with van der Waals surface area (Å²) in [4.78, 5) is 8.30. The molecule has 0 unspecified atom stereocenters. The molecular weight excluding hydrogens is 284 g/mol. The Labute approximate surface area is 116 Å². The molecule has 0 spiro atoms. The van der Waals surface area contributed by atoms with Crippen molar-refractivity contribution in [3.8, 4) is 0 Å². The molecule has 0 aliphatic rings. The summed E-state index contributed by atoms with van der Waals surface area (Å²) in [5.74, 6) is 0.517. The van der Waals surface area contributed by atoms with Crippen LogP contribution in [-0.4, -0.2) is 36.8 Å². The Hall–Kier alpha value is -1.51. The largest absolute Gasteiger partial charge is 0.373 e. The Kier molecular flexibility index (Phi) is 4.13. The summed E-state index contributed by atoms with van der Waals surface area (Å²) in [7, 11) is -0.302. The smallest absolute Gasteiger partial charge is 0.243 e. The van der Waals surface area contributed by atoms with Crippen LogP contribution in [0, 0.1) is 0 Å². The predicted octanol–water partition coefficient (Wildman–Crippen LogP) is 1.40. The number of aromatic nitrogens is 2. The fraction of sp³-hybridized carbons (Fsp3) is 0.273. The van der Waals surface area contributed by atoms with Crippen molar-refractivity contribution in [2.45, 2.75) is 11.4 Å². The van der Waals surface area contributed by atoms with E-state index in [2.05, 4.69) is 15.3 Å². The SMILES string of the molecule is CNc1cc(S(=O)(=O)N(C)Cc2cscn2)ccn1. The summed E-state index contributed by atoms with van der Waals surface area (Å²) >= 11 is 1.44. The fourth-order valence-electron chi connectivity index (χ4n) is 1.52. The number of hydrogen-bond acceptors (Lipinski definition) is 6. The van der Waals surface area contributed by atoms with Crippen LogP contribution in [-0.2, 0) is 16.6 Å². The van der Waals surface area contributed by atoms with Gasteiger partial charge in [0.05, 0.1) is 22.6 Å². The molecule has 0 amide bonds. The van der Waals surface area contributed by atoms with Crippen molar-refractivity contribution in [2.75, 3.05) is 19.4 Å². The summed E-state index contributed by atoms with van der Waals surface area (Å²) in [6.45, 7) is 0.253. The van der Waals surface area contributed by atoms with Crippen LogP contribution in [0.25, 0.3) is 0 Å². The van der Waals surface area contributed by atoms with Crippen molar-refractivity contribution in [1.29, 1.82) is 0 Å². The standard InChI is InChI=1S/C11H14N4O2S2/c1-12-11-5-10(3-4-13-11)19(16,17)15(2)6-9-7-18-8-14-9/h3-5,7-8H,6H2,1-2H3,(H,12,13). The second-order valence-corrected chi connectivity index (χ2v) is 6.63. The van der Waals surface area contributed by atoms with Gasteiger partial charge in [-0.25, -0.2) is 18.4 Å². The summed E-state index contributed by atoms with van der Waals surface area (Å²) in [6.07, 6.45) is 1.47. The second-order valence-electron chi connectivity index (χ2n) is 3.87. The summed E-state index contributed by atoms with van der Waals surface area (Å²) in [5.41, 5.74) is 2.42. The van der Waals surface area contributed by atoms with Gasteiger partial charge in [-0.2, -0.15) is 4.31 Å². The number of hydrogen-bond donors (Lipinski definition) is 1. The van der Waals surface area contributed by atoms with Gasteiger partial charge in [-0.05, 0) is 6.07 Å². The second kappa shape index (κ2) is 5.64. The van der Waals surface area contributed by atoms with E-state index in [9.17, 15) is 8.42 Å². The third-order valence-electron chi connectivity index (χ3n) is 2.56. The van der Waals surface area contributed by atoms with E-state index in [0.717, 1.165) is 5.69 Å². The fourth-order valence-corrected chi connectivity index (χ4v) is 3.22. The Morgan fingerprint density at radius 1 is 1.42 bits per heavy atom. The van der Waals surface area contributed by atoms with Gasteiger partial charge in [0, 0.05) is 31.7 Å². The van der Waals surface area contributed by atoms with Crippen LogP contribution in [0.1, 0.15) is 5.69 Å². The topological polar surface area (TPSA) is 75.2 Å². The zero-order chi connectivity index (χ0) is 13.9. The van der Waals surface area contributed by atoms with Crippen molar-refractivity contribution in [3.63, 3.8) is 0 Å². The zero-order valence-electron chi connectivity index (χ0n) is 10.6. The van der Waals surface area contributed by atoms with Gasteiger partial charge < -0.3 is 5.32 Å². The zero-order valence-corrected chi connectivity index (χ0v) is 12.2. The third-order valence-corrected chi connectivity index (χ3v) is 5.00. The number of nitrogens with one attached hydrogen (secondary N) is 1. The maximum Gasteiger partial charge on any atom is 0.243 e. The summed E-state index contributed by atoms with van der Waals surface area (Å²) in [5, 5.41) is 4.65. The maximum atomic E-state index is 12.4. The van der Waals surface area contributed by atoms with Crippen LogP contribution in [0.5, 0.6) is 0 Å². The molecule has 8 heteroatoms. The first-order valence-corrected chi connectivity index (χ1v) is 7.89. The van der Waals surface area contributed by atoms with Gasteiger partial charge in [-0.1, -0.05) is 0 Å². The summed E-state index contributed by atoms with van der Waals surface area (Å²) in [6, 6.07) is 2.99. The highest BCUT2D eigenvalue weighted by molar-refractivity contribution is 7.89. The first-order chi connectivity index (χ1) is 9.04. The molecule has 0 radical (unpaired) electrons. The molecule has 19 heavy (non-hydrogen) atoms. The van der Waals surface area contributed by atoms with Crippen LogP contribution in [0.4, 0.5) is 5.82 Å². The van der Waals surface area contributed by atoms with Gasteiger partial charge >= 0.3 is 0 Å². The quantitative estimate of drug-likeness (QED) is 0.903. The molecule has 0 aromatic carbocycles. The van der Waals surface area contributed by atoms with E-state index in [1.165, 1.54) is 41.0 Å². The Morgan fingerprint density at radius 3 is 2.84 bits per heavy atom. The van der Waals surface area contributed by atoms with Crippen LogP contribution < -0.4 is 5.32 Å². The average molecular weight is 298 g/mol. The summed E-state index contributed by atoms with van der Waals surface area (Å²) < 4.78 is 26.0. The molecule has 2 aromatic heterocycles. The minimum Gasteiger partial charge on any atom is -0.373 e. The average Bonchev–Trinajstić information content (AvgIpc) is 2.91. The van der Waals surface area contributed by atoms with E-state index in [-0.39, 0.29) is 11.4 Å². The Bertz CT molecular complexity index is 640. The van der Waals surface area contributed by atoms with Crippen molar-refractivity contribution >= 4 is 27.2 Å². The normalized spacial score (nSPS) is 11.7. The Balaban J connectivity index is 2.25. The molecule has 0 aliphatic carbocycles. The number of sulfonamides is 1. The van der Waals surface area contributed by atoms with Crippen LogP contribution in [0.3, 0.4) is 0 Å². The molecule has 102 valence electrons. The van der Waals surface area contributed by atoms with E-state index in [1.54, 1.807) is 12.6 Å². The molecular formula is C11H14N4O2S2.